The lowest BCUT2D eigenvalue weighted by Gasteiger charge is -2.36. The highest BCUT2D eigenvalue weighted by molar-refractivity contribution is 7.93. The van der Waals surface area contributed by atoms with Crippen molar-refractivity contribution in [2.75, 3.05) is 51.2 Å². The number of fused-ring (bicyclic) bond motifs is 1. The number of pyridine rings is 1. The summed E-state index contributed by atoms with van der Waals surface area (Å²) >= 11 is 0. The zero-order chi connectivity index (χ0) is 27.7. The van der Waals surface area contributed by atoms with Crippen LogP contribution in [0.25, 0.3) is 10.9 Å². The summed E-state index contributed by atoms with van der Waals surface area (Å²) in [6, 6.07) is 13.4. The molecule has 9 nitrogen and oxygen atoms in total. The van der Waals surface area contributed by atoms with E-state index in [1.807, 2.05) is 17.0 Å². The van der Waals surface area contributed by atoms with Crippen LogP contribution in [0.5, 0.6) is 5.75 Å². The fourth-order valence-corrected chi connectivity index (χ4v) is 7.33. The lowest BCUT2D eigenvalue weighted by molar-refractivity contribution is 0.0285. The lowest BCUT2D eigenvalue weighted by atomic mass is 9.79. The fraction of sp³-hybridized carbons (Fsp3) is 0.467. The van der Waals surface area contributed by atoms with Gasteiger partial charge in [0.05, 0.1) is 31.0 Å². The van der Waals surface area contributed by atoms with Crippen LogP contribution >= 0.6 is 0 Å². The molecule has 2 unspecified atom stereocenters. The molecule has 3 aromatic rings. The Balaban J connectivity index is 1.08. The number of para-hydroxylation sites is 1. The number of amides is 1. The van der Waals surface area contributed by atoms with Gasteiger partial charge < -0.3 is 14.4 Å². The maximum absolute atomic E-state index is 13.3. The number of nitrogens with zero attached hydrogens (tertiary/aromatic N) is 3. The second kappa shape index (κ2) is 11.3. The van der Waals surface area contributed by atoms with Gasteiger partial charge in [0.2, 0.25) is 0 Å². The van der Waals surface area contributed by atoms with Crippen molar-refractivity contribution in [1.82, 2.24) is 14.8 Å². The van der Waals surface area contributed by atoms with E-state index < -0.39 is 10.0 Å². The SMILES string of the molecule is COc1cc(C(=O)N2CCN(CC3COC(C4CCC4)C3)CC2)ccc1NS(=O)(=O)c1cccc2cccnc12. The van der Waals surface area contributed by atoms with E-state index in [0.29, 0.717) is 36.2 Å². The standard InChI is InChI=1S/C30H36N4O5S/c1-38-27-18-24(10-11-25(27)32-40(36,37)28-9-3-7-23-8-4-12-31-29(23)28)30(35)34-15-13-33(14-16-34)19-21-17-26(39-20-21)22-5-2-6-22/h3-4,7-12,18,21-22,26,32H,2,5-6,13-17,19-20H2,1H3. The summed E-state index contributed by atoms with van der Waals surface area (Å²) in [5.41, 5.74) is 1.12. The van der Waals surface area contributed by atoms with Gasteiger partial charge in [0, 0.05) is 49.9 Å². The molecule has 0 spiro atoms. The van der Waals surface area contributed by atoms with Gasteiger partial charge in [-0.05, 0) is 61.4 Å². The van der Waals surface area contributed by atoms with E-state index in [1.54, 1.807) is 36.5 Å². The molecule has 2 aromatic carbocycles. The minimum absolute atomic E-state index is 0.0772. The normalized spacial score (nSPS) is 22.3. The number of anilines is 1. The largest absolute Gasteiger partial charge is 0.495 e. The third-order valence-electron chi connectivity index (χ3n) is 8.54. The van der Waals surface area contributed by atoms with Crippen molar-refractivity contribution < 1.29 is 22.7 Å². The van der Waals surface area contributed by atoms with Crippen LogP contribution in [-0.4, -0.2) is 81.7 Å². The number of carbonyl (C=O) groups excluding carboxylic acids is 1. The monoisotopic (exact) mass is 564 g/mol. The molecule has 0 radical (unpaired) electrons. The van der Waals surface area contributed by atoms with Gasteiger partial charge in [-0.25, -0.2) is 8.42 Å². The summed E-state index contributed by atoms with van der Waals surface area (Å²) in [6.07, 6.45) is 7.16. The molecule has 1 N–H and O–H groups in total. The highest BCUT2D eigenvalue weighted by Crippen LogP contribution is 2.37. The molecule has 1 amide bonds. The molecular weight excluding hydrogens is 528 g/mol. The van der Waals surface area contributed by atoms with Gasteiger partial charge in [-0.1, -0.05) is 24.6 Å². The van der Waals surface area contributed by atoms with Crippen molar-refractivity contribution >= 4 is 32.5 Å². The fourth-order valence-electron chi connectivity index (χ4n) is 6.07. The summed E-state index contributed by atoms with van der Waals surface area (Å²) in [5, 5.41) is 0.729. The van der Waals surface area contributed by atoms with Crippen LogP contribution in [0.15, 0.2) is 59.6 Å². The van der Waals surface area contributed by atoms with E-state index in [4.69, 9.17) is 9.47 Å². The number of methoxy groups -OCH3 is 1. The first-order valence-electron chi connectivity index (χ1n) is 14.1. The number of aromatic nitrogens is 1. The maximum atomic E-state index is 13.3. The summed E-state index contributed by atoms with van der Waals surface area (Å²) in [4.78, 5) is 22.0. The Morgan fingerprint density at radius 1 is 1.10 bits per heavy atom. The summed E-state index contributed by atoms with van der Waals surface area (Å²) in [7, 11) is -2.49. The predicted octanol–water partition coefficient (Wildman–Crippen LogP) is 4.01. The average molecular weight is 565 g/mol. The number of rotatable bonds is 8. The molecule has 1 aliphatic carbocycles. The molecule has 6 rings (SSSR count). The number of hydrogen-bond acceptors (Lipinski definition) is 7. The second-order valence-electron chi connectivity index (χ2n) is 11.1. The van der Waals surface area contributed by atoms with Gasteiger partial charge in [0.15, 0.2) is 0 Å². The Bertz CT molecular complexity index is 1480. The number of piperazine rings is 1. The molecule has 2 aliphatic heterocycles. The number of carbonyl (C=O) groups is 1. The predicted molar refractivity (Wildman–Crippen MR) is 153 cm³/mol. The Morgan fingerprint density at radius 2 is 1.90 bits per heavy atom. The molecule has 212 valence electrons. The smallest absolute Gasteiger partial charge is 0.264 e. The first-order chi connectivity index (χ1) is 19.4. The molecule has 1 aromatic heterocycles. The number of ether oxygens (including phenoxy) is 2. The van der Waals surface area contributed by atoms with E-state index in [1.165, 1.54) is 32.4 Å². The first kappa shape index (κ1) is 27.0. The van der Waals surface area contributed by atoms with Crippen LogP contribution in [0.4, 0.5) is 5.69 Å². The molecule has 3 aliphatic rings. The Kier molecular flexibility index (Phi) is 7.65. The molecule has 40 heavy (non-hydrogen) atoms. The van der Waals surface area contributed by atoms with Crippen molar-refractivity contribution in [2.45, 2.75) is 36.7 Å². The van der Waals surface area contributed by atoms with Crippen LogP contribution in [0.2, 0.25) is 0 Å². The molecule has 3 heterocycles. The zero-order valence-corrected chi connectivity index (χ0v) is 23.6. The topological polar surface area (TPSA) is 101 Å². The quantitative estimate of drug-likeness (QED) is 0.441. The molecule has 2 atom stereocenters. The van der Waals surface area contributed by atoms with Crippen LogP contribution in [-0.2, 0) is 14.8 Å². The van der Waals surface area contributed by atoms with E-state index in [2.05, 4.69) is 14.6 Å². The van der Waals surface area contributed by atoms with Crippen molar-refractivity contribution in [3.63, 3.8) is 0 Å². The van der Waals surface area contributed by atoms with Gasteiger partial charge in [-0.3, -0.25) is 19.4 Å². The maximum Gasteiger partial charge on any atom is 0.264 e. The van der Waals surface area contributed by atoms with E-state index in [9.17, 15) is 13.2 Å². The van der Waals surface area contributed by atoms with Gasteiger partial charge >= 0.3 is 0 Å². The Morgan fingerprint density at radius 3 is 2.65 bits per heavy atom. The molecule has 3 fully saturated rings. The van der Waals surface area contributed by atoms with Crippen molar-refractivity contribution in [3.05, 3.63) is 60.3 Å². The van der Waals surface area contributed by atoms with Crippen molar-refractivity contribution in [1.29, 1.82) is 0 Å². The average Bonchev–Trinajstić information content (AvgIpc) is 3.39. The van der Waals surface area contributed by atoms with E-state index in [-0.39, 0.29) is 22.2 Å². The first-order valence-corrected chi connectivity index (χ1v) is 15.6. The molecular formula is C30H36N4O5S. The summed E-state index contributed by atoms with van der Waals surface area (Å²) in [6.45, 7) is 4.87. The van der Waals surface area contributed by atoms with Crippen LogP contribution in [0, 0.1) is 11.8 Å². The number of hydrogen-bond donors (Lipinski definition) is 1. The minimum Gasteiger partial charge on any atom is -0.495 e. The number of nitrogens with one attached hydrogen (secondary N) is 1. The highest BCUT2D eigenvalue weighted by atomic mass is 32.2. The zero-order valence-electron chi connectivity index (χ0n) is 22.8. The van der Waals surface area contributed by atoms with Crippen molar-refractivity contribution in [2.24, 2.45) is 11.8 Å². The Labute approximate surface area is 235 Å². The molecule has 2 saturated heterocycles. The van der Waals surface area contributed by atoms with E-state index in [0.717, 1.165) is 44.0 Å². The number of benzene rings is 2. The highest BCUT2D eigenvalue weighted by Gasteiger charge is 2.36. The van der Waals surface area contributed by atoms with Gasteiger partial charge in [0.25, 0.3) is 15.9 Å². The molecule has 1 saturated carbocycles. The van der Waals surface area contributed by atoms with Crippen LogP contribution < -0.4 is 9.46 Å². The van der Waals surface area contributed by atoms with Crippen molar-refractivity contribution in [3.8, 4) is 5.75 Å². The third kappa shape index (κ3) is 5.53. The lowest BCUT2D eigenvalue weighted by Crippen LogP contribution is -2.49. The van der Waals surface area contributed by atoms with E-state index >= 15 is 0 Å². The second-order valence-corrected chi connectivity index (χ2v) is 12.8. The summed E-state index contributed by atoms with van der Waals surface area (Å²) in [5.74, 6) is 1.55. The number of sulfonamides is 1. The Hall–Kier alpha value is -3.21. The molecule has 10 heteroatoms. The molecule has 0 bridgehead atoms. The summed E-state index contributed by atoms with van der Waals surface area (Å²) < 4.78 is 40.7. The van der Waals surface area contributed by atoms with Gasteiger partial charge in [-0.2, -0.15) is 0 Å². The van der Waals surface area contributed by atoms with Gasteiger partial charge in [-0.15, -0.1) is 0 Å². The minimum atomic E-state index is -3.95. The van der Waals surface area contributed by atoms with Gasteiger partial charge in [0.1, 0.15) is 10.6 Å². The van der Waals surface area contributed by atoms with Crippen LogP contribution in [0.1, 0.15) is 36.0 Å². The van der Waals surface area contributed by atoms with Crippen LogP contribution in [0.3, 0.4) is 0 Å². The third-order valence-corrected chi connectivity index (χ3v) is 9.94.